The molecular formula is C18H13N3O4. The Hall–Kier alpha value is -3.66. The van der Waals surface area contributed by atoms with Gasteiger partial charge in [-0.2, -0.15) is 5.26 Å². The Bertz CT molecular complexity index is 1000. The molecular weight excluding hydrogens is 322 g/mol. The third-order valence-corrected chi connectivity index (χ3v) is 3.88. The van der Waals surface area contributed by atoms with Crippen LogP contribution in [0.2, 0.25) is 0 Å². The number of non-ortho nitro benzene ring substituents is 1. The van der Waals surface area contributed by atoms with E-state index in [1.807, 2.05) is 12.1 Å². The monoisotopic (exact) mass is 335 g/mol. The molecule has 0 fully saturated rings. The molecule has 2 aromatic carbocycles. The van der Waals surface area contributed by atoms with Crippen LogP contribution >= 0.6 is 0 Å². The molecule has 0 aliphatic rings. The lowest BCUT2D eigenvalue weighted by atomic mass is 9.99. The number of H-pyrrole nitrogens is 1. The molecule has 0 amide bonds. The van der Waals surface area contributed by atoms with Gasteiger partial charge in [0.25, 0.3) is 12.2 Å². The van der Waals surface area contributed by atoms with Gasteiger partial charge in [0.15, 0.2) is 0 Å². The number of carbonyl (C=O) groups excluding carboxylic acids is 1. The van der Waals surface area contributed by atoms with E-state index in [-0.39, 0.29) is 12.3 Å². The maximum atomic E-state index is 11.3. The molecule has 0 saturated carbocycles. The summed E-state index contributed by atoms with van der Waals surface area (Å²) in [5.74, 6) is 0. The van der Waals surface area contributed by atoms with Crippen molar-refractivity contribution >= 4 is 23.1 Å². The Labute approximate surface area is 142 Å². The van der Waals surface area contributed by atoms with Gasteiger partial charge in [0, 0.05) is 23.6 Å². The molecule has 3 rings (SSSR count). The third-order valence-electron chi connectivity index (χ3n) is 3.88. The van der Waals surface area contributed by atoms with Gasteiger partial charge in [-0.25, -0.2) is 0 Å². The number of nitro groups is 1. The van der Waals surface area contributed by atoms with Crippen LogP contribution in [0.25, 0.3) is 22.0 Å². The minimum Gasteiger partial charge on any atom is -0.467 e. The first-order valence-corrected chi connectivity index (χ1v) is 7.49. The van der Waals surface area contributed by atoms with E-state index in [0.29, 0.717) is 29.4 Å². The van der Waals surface area contributed by atoms with Crippen molar-refractivity contribution in [2.45, 2.75) is 6.42 Å². The number of nitrogens with one attached hydrogen (secondary N) is 1. The normalized spacial score (nSPS) is 10.4. The summed E-state index contributed by atoms with van der Waals surface area (Å²) in [6, 6.07) is 14.1. The fourth-order valence-electron chi connectivity index (χ4n) is 2.77. The van der Waals surface area contributed by atoms with Gasteiger partial charge in [0.05, 0.1) is 23.2 Å². The molecule has 0 spiro atoms. The number of aromatic nitrogens is 1. The molecule has 3 aromatic rings. The highest BCUT2D eigenvalue weighted by atomic mass is 16.6. The molecule has 124 valence electrons. The number of rotatable bonds is 6. The predicted octanol–water partition coefficient (Wildman–Crippen LogP) is 3.33. The van der Waals surface area contributed by atoms with Crippen molar-refractivity contribution in [1.29, 1.82) is 5.26 Å². The largest absolute Gasteiger partial charge is 0.467 e. The number of nitrogens with zero attached hydrogens (tertiary/aromatic N) is 2. The lowest BCUT2D eigenvalue weighted by Crippen LogP contribution is -1.96. The van der Waals surface area contributed by atoms with Crippen molar-refractivity contribution < 1.29 is 14.5 Å². The fourth-order valence-corrected chi connectivity index (χ4v) is 2.77. The average molecular weight is 335 g/mol. The van der Waals surface area contributed by atoms with Crippen LogP contribution in [0, 0.1) is 21.4 Å². The summed E-state index contributed by atoms with van der Waals surface area (Å²) in [6.45, 7) is 0.549. The minimum atomic E-state index is -0.444. The second-order valence-electron chi connectivity index (χ2n) is 5.38. The zero-order valence-corrected chi connectivity index (χ0v) is 13.1. The summed E-state index contributed by atoms with van der Waals surface area (Å²) >= 11 is 0. The summed E-state index contributed by atoms with van der Waals surface area (Å²) < 4.78 is 4.69. The smallest absolute Gasteiger partial charge is 0.293 e. The summed E-state index contributed by atoms with van der Waals surface area (Å²) in [7, 11) is 0. The summed E-state index contributed by atoms with van der Waals surface area (Å²) in [6.07, 6.45) is 0.419. The Morgan fingerprint density at radius 2 is 2.12 bits per heavy atom. The van der Waals surface area contributed by atoms with Crippen molar-refractivity contribution in [2.75, 3.05) is 6.61 Å². The number of aromatic amines is 1. The number of nitriles is 1. The number of fused-ring (bicyclic) bond motifs is 1. The van der Waals surface area contributed by atoms with Crippen molar-refractivity contribution in [1.82, 2.24) is 4.98 Å². The van der Waals surface area contributed by atoms with E-state index in [9.17, 15) is 14.9 Å². The molecule has 0 aliphatic carbocycles. The molecule has 0 aliphatic heterocycles. The summed E-state index contributed by atoms with van der Waals surface area (Å²) in [5, 5.41) is 21.1. The maximum Gasteiger partial charge on any atom is 0.293 e. The Morgan fingerprint density at radius 3 is 2.84 bits per heavy atom. The van der Waals surface area contributed by atoms with Crippen LogP contribution in [-0.2, 0) is 16.0 Å². The van der Waals surface area contributed by atoms with Crippen LogP contribution in [-0.4, -0.2) is 23.0 Å². The van der Waals surface area contributed by atoms with Crippen molar-refractivity contribution in [3.05, 3.63) is 63.8 Å². The molecule has 1 N–H and O–H groups in total. The molecule has 7 nitrogen and oxygen atoms in total. The van der Waals surface area contributed by atoms with Crippen molar-refractivity contribution in [3.63, 3.8) is 0 Å². The first-order valence-electron chi connectivity index (χ1n) is 7.49. The number of hydrogen-bond acceptors (Lipinski definition) is 5. The van der Waals surface area contributed by atoms with Crippen LogP contribution in [0.5, 0.6) is 0 Å². The molecule has 0 radical (unpaired) electrons. The van der Waals surface area contributed by atoms with E-state index in [0.717, 1.165) is 16.8 Å². The zero-order valence-electron chi connectivity index (χ0n) is 13.1. The predicted molar refractivity (Wildman–Crippen MR) is 90.8 cm³/mol. The van der Waals surface area contributed by atoms with E-state index in [1.165, 1.54) is 6.07 Å². The van der Waals surface area contributed by atoms with Crippen LogP contribution in [0.3, 0.4) is 0 Å². The van der Waals surface area contributed by atoms with E-state index in [4.69, 9.17) is 5.26 Å². The lowest BCUT2D eigenvalue weighted by molar-refractivity contribution is -0.383. The number of hydrogen-bond donors (Lipinski definition) is 1. The summed E-state index contributed by atoms with van der Waals surface area (Å²) in [5.41, 5.74) is 3.21. The van der Waals surface area contributed by atoms with Crippen LogP contribution < -0.4 is 0 Å². The molecule has 0 atom stereocenters. The second-order valence-corrected chi connectivity index (χ2v) is 5.38. The topological polar surface area (TPSA) is 109 Å². The standard InChI is InChI=1S/C18H13N3O4/c19-10-12-2-1-3-13(8-12)15-4-5-17(21(23)24)18-16(15)9-14(20-18)6-7-25-11-22/h1-5,8-9,11,20H,6-7H2. The molecule has 0 saturated heterocycles. The summed E-state index contributed by atoms with van der Waals surface area (Å²) in [4.78, 5) is 24.2. The van der Waals surface area contributed by atoms with E-state index in [1.54, 1.807) is 24.3 Å². The van der Waals surface area contributed by atoms with Crippen LogP contribution in [0.15, 0.2) is 42.5 Å². The van der Waals surface area contributed by atoms with Crippen LogP contribution in [0.4, 0.5) is 5.69 Å². The molecule has 0 unspecified atom stereocenters. The lowest BCUT2D eigenvalue weighted by Gasteiger charge is -2.04. The first kappa shape index (κ1) is 16.2. The Morgan fingerprint density at radius 1 is 1.28 bits per heavy atom. The number of ether oxygens (including phenoxy) is 1. The SMILES string of the molecule is N#Cc1cccc(-c2ccc([N+](=O)[O-])c3[nH]c(CCOC=O)cc23)c1. The van der Waals surface area contributed by atoms with Gasteiger partial charge in [-0.15, -0.1) is 0 Å². The van der Waals surface area contributed by atoms with Gasteiger partial charge in [0.2, 0.25) is 0 Å². The number of carbonyl (C=O) groups is 1. The van der Waals surface area contributed by atoms with Crippen molar-refractivity contribution in [2.24, 2.45) is 0 Å². The minimum absolute atomic E-state index is 0.0299. The van der Waals surface area contributed by atoms with E-state index < -0.39 is 4.92 Å². The molecule has 0 bridgehead atoms. The second kappa shape index (κ2) is 6.84. The zero-order chi connectivity index (χ0) is 17.8. The van der Waals surface area contributed by atoms with Gasteiger partial charge in [0.1, 0.15) is 5.52 Å². The fraction of sp³-hybridized carbons (Fsp3) is 0.111. The van der Waals surface area contributed by atoms with E-state index >= 15 is 0 Å². The van der Waals surface area contributed by atoms with Crippen molar-refractivity contribution in [3.8, 4) is 17.2 Å². The number of nitro benzene ring substituents is 1. The Balaban J connectivity index is 2.15. The third kappa shape index (κ3) is 3.19. The van der Waals surface area contributed by atoms with Gasteiger partial charge >= 0.3 is 0 Å². The van der Waals surface area contributed by atoms with Gasteiger partial charge in [-0.1, -0.05) is 12.1 Å². The van der Waals surface area contributed by atoms with Gasteiger partial charge in [-0.05, 0) is 35.4 Å². The quantitative estimate of drug-likeness (QED) is 0.321. The molecule has 25 heavy (non-hydrogen) atoms. The van der Waals surface area contributed by atoms with Crippen LogP contribution in [0.1, 0.15) is 11.3 Å². The first-order chi connectivity index (χ1) is 12.1. The number of benzene rings is 2. The Kier molecular flexibility index (Phi) is 4.44. The van der Waals surface area contributed by atoms with E-state index in [2.05, 4.69) is 15.8 Å². The maximum absolute atomic E-state index is 11.3. The highest BCUT2D eigenvalue weighted by Crippen LogP contribution is 2.35. The highest BCUT2D eigenvalue weighted by Gasteiger charge is 2.18. The molecule has 1 heterocycles. The average Bonchev–Trinajstić information content (AvgIpc) is 3.04. The van der Waals surface area contributed by atoms with Gasteiger partial charge in [-0.3, -0.25) is 14.9 Å². The highest BCUT2D eigenvalue weighted by molar-refractivity contribution is 6.00. The van der Waals surface area contributed by atoms with Gasteiger partial charge < -0.3 is 9.72 Å². The molecule has 7 heteroatoms. The molecule has 1 aromatic heterocycles.